The van der Waals surface area contributed by atoms with E-state index in [1.54, 1.807) is 0 Å². The van der Waals surface area contributed by atoms with Crippen molar-refractivity contribution >= 4 is 11.4 Å². The zero-order valence-corrected chi connectivity index (χ0v) is 12.9. The van der Waals surface area contributed by atoms with Crippen molar-refractivity contribution in [3.63, 3.8) is 0 Å². The molecular formula is C18H16N4O2. The molecule has 1 aliphatic heterocycles. The summed E-state index contributed by atoms with van der Waals surface area (Å²) in [4.78, 5) is 0. The van der Waals surface area contributed by atoms with E-state index in [0.717, 1.165) is 16.9 Å². The zero-order chi connectivity index (χ0) is 16.5. The van der Waals surface area contributed by atoms with Gasteiger partial charge in [0.25, 0.3) is 0 Å². The van der Waals surface area contributed by atoms with Crippen molar-refractivity contribution in [3.8, 4) is 0 Å². The van der Waals surface area contributed by atoms with Crippen LogP contribution in [0.5, 0.6) is 0 Å². The van der Waals surface area contributed by atoms with E-state index in [0.29, 0.717) is 6.42 Å². The predicted molar refractivity (Wildman–Crippen MR) is 89.9 cm³/mol. The second-order valence-electron chi connectivity index (χ2n) is 4.87. The first-order valence-electron chi connectivity index (χ1n) is 7.47. The lowest BCUT2D eigenvalue weighted by Crippen LogP contribution is -2.15. The molecule has 0 radical (unpaired) electrons. The van der Waals surface area contributed by atoms with Crippen LogP contribution in [0.15, 0.2) is 100.0 Å². The standard InChI is InChI=1S/C18H16N4O2/c1-2-7-16(8-3-1)21-19-10-12-23-18-14-15-6-4-5-9-17(15)22-20-11-13-24-18/h1-13,18H,14H2/b12-10-,13-11-,21-19?,22-20?. The maximum atomic E-state index is 5.58. The first-order valence-corrected chi connectivity index (χ1v) is 7.47. The van der Waals surface area contributed by atoms with Gasteiger partial charge in [0.15, 0.2) is 0 Å². The Balaban J connectivity index is 1.61. The summed E-state index contributed by atoms with van der Waals surface area (Å²) in [5.41, 5.74) is 2.57. The number of benzene rings is 2. The van der Waals surface area contributed by atoms with E-state index in [2.05, 4.69) is 20.5 Å². The molecule has 0 spiro atoms. The van der Waals surface area contributed by atoms with Crippen LogP contribution in [0, 0.1) is 0 Å². The summed E-state index contributed by atoms with van der Waals surface area (Å²) in [7, 11) is 0. The number of hydrogen-bond donors (Lipinski definition) is 0. The van der Waals surface area contributed by atoms with Crippen molar-refractivity contribution in [1.29, 1.82) is 0 Å². The van der Waals surface area contributed by atoms with E-state index in [1.165, 1.54) is 24.9 Å². The number of azo groups is 2. The lowest BCUT2D eigenvalue weighted by atomic mass is 10.1. The number of rotatable bonds is 4. The Labute approximate surface area is 139 Å². The van der Waals surface area contributed by atoms with Crippen molar-refractivity contribution in [2.75, 3.05) is 0 Å². The molecular weight excluding hydrogens is 304 g/mol. The highest BCUT2D eigenvalue weighted by molar-refractivity contribution is 5.45. The van der Waals surface area contributed by atoms with Gasteiger partial charge in [0, 0.05) is 6.42 Å². The van der Waals surface area contributed by atoms with Crippen LogP contribution in [-0.2, 0) is 15.9 Å². The maximum absolute atomic E-state index is 5.58. The van der Waals surface area contributed by atoms with E-state index in [-0.39, 0.29) is 0 Å². The molecule has 2 aromatic rings. The minimum atomic E-state index is -0.492. The first kappa shape index (κ1) is 15.6. The summed E-state index contributed by atoms with van der Waals surface area (Å²) in [6, 6.07) is 17.2. The lowest BCUT2D eigenvalue weighted by Gasteiger charge is -2.15. The van der Waals surface area contributed by atoms with Gasteiger partial charge < -0.3 is 9.47 Å². The third-order valence-corrected chi connectivity index (χ3v) is 3.19. The van der Waals surface area contributed by atoms with Crippen molar-refractivity contribution in [1.82, 2.24) is 0 Å². The molecule has 0 amide bonds. The van der Waals surface area contributed by atoms with E-state index in [9.17, 15) is 0 Å². The summed E-state index contributed by atoms with van der Waals surface area (Å²) in [5, 5.41) is 16.0. The summed E-state index contributed by atoms with van der Waals surface area (Å²) < 4.78 is 11.1. The van der Waals surface area contributed by atoms with Crippen LogP contribution in [0.4, 0.5) is 11.4 Å². The number of hydrogen-bond acceptors (Lipinski definition) is 6. The molecule has 24 heavy (non-hydrogen) atoms. The molecule has 0 N–H and O–H groups in total. The van der Waals surface area contributed by atoms with Crippen LogP contribution in [0.25, 0.3) is 0 Å². The van der Waals surface area contributed by atoms with Gasteiger partial charge in [-0.05, 0) is 23.8 Å². The Morgan fingerprint density at radius 3 is 2.83 bits per heavy atom. The van der Waals surface area contributed by atoms with Crippen LogP contribution >= 0.6 is 0 Å². The van der Waals surface area contributed by atoms with Gasteiger partial charge in [-0.15, -0.1) is 0 Å². The van der Waals surface area contributed by atoms with Crippen LogP contribution in [-0.4, -0.2) is 6.29 Å². The Morgan fingerprint density at radius 1 is 1.08 bits per heavy atom. The topological polar surface area (TPSA) is 67.9 Å². The average molecular weight is 320 g/mol. The van der Waals surface area contributed by atoms with Crippen molar-refractivity contribution < 1.29 is 9.47 Å². The van der Waals surface area contributed by atoms with Crippen LogP contribution in [0.2, 0.25) is 0 Å². The molecule has 0 aliphatic carbocycles. The van der Waals surface area contributed by atoms with E-state index in [1.807, 2.05) is 54.6 Å². The molecule has 6 nitrogen and oxygen atoms in total. The van der Waals surface area contributed by atoms with E-state index in [4.69, 9.17) is 9.47 Å². The zero-order valence-electron chi connectivity index (χ0n) is 12.9. The number of ether oxygens (including phenoxy) is 2. The fourth-order valence-corrected chi connectivity index (χ4v) is 2.08. The SMILES string of the molecule is C(=C/OC1Cc2ccccc2N=N/C=C\O1)/N=Nc1ccccc1. The van der Waals surface area contributed by atoms with Gasteiger partial charge in [-0.25, -0.2) is 0 Å². The fourth-order valence-electron chi connectivity index (χ4n) is 2.08. The fraction of sp³-hybridized carbons (Fsp3) is 0.111. The second-order valence-corrected chi connectivity index (χ2v) is 4.87. The third kappa shape index (κ3) is 4.61. The highest BCUT2D eigenvalue weighted by atomic mass is 16.7. The maximum Gasteiger partial charge on any atom is 0.243 e. The Morgan fingerprint density at radius 2 is 1.92 bits per heavy atom. The molecule has 1 unspecified atom stereocenters. The monoisotopic (exact) mass is 320 g/mol. The summed E-state index contributed by atoms with van der Waals surface area (Å²) in [6.45, 7) is 0. The normalized spacial score (nSPS) is 18.4. The number of fused-ring (bicyclic) bond motifs is 1. The van der Waals surface area contributed by atoms with Crippen molar-refractivity contribution in [3.05, 3.63) is 85.1 Å². The summed E-state index contributed by atoms with van der Waals surface area (Å²) in [6.07, 6.45) is 5.93. The number of nitrogens with zero attached hydrogens (tertiary/aromatic N) is 4. The third-order valence-electron chi connectivity index (χ3n) is 3.19. The van der Waals surface area contributed by atoms with Crippen LogP contribution < -0.4 is 0 Å². The van der Waals surface area contributed by atoms with Gasteiger partial charge >= 0.3 is 0 Å². The van der Waals surface area contributed by atoms with E-state index >= 15 is 0 Å². The molecule has 0 aromatic heterocycles. The average Bonchev–Trinajstić information content (AvgIpc) is 2.72. The minimum absolute atomic E-state index is 0.492. The minimum Gasteiger partial charge on any atom is -0.461 e. The smallest absolute Gasteiger partial charge is 0.243 e. The molecule has 120 valence electrons. The van der Waals surface area contributed by atoms with Gasteiger partial charge in [-0.3, -0.25) is 0 Å². The van der Waals surface area contributed by atoms with Gasteiger partial charge in [-0.1, -0.05) is 36.4 Å². The second kappa shape index (κ2) is 8.38. The van der Waals surface area contributed by atoms with Crippen molar-refractivity contribution in [2.45, 2.75) is 12.7 Å². The van der Waals surface area contributed by atoms with Crippen molar-refractivity contribution in [2.24, 2.45) is 20.5 Å². The molecule has 6 heteroatoms. The molecule has 0 saturated carbocycles. The molecule has 2 aromatic carbocycles. The highest BCUT2D eigenvalue weighted by Crippen LogP contribution is 2.23. The Bertz CT molecular complexity index is 770. The van der Waals surface area contributed by atoms with Crippen LogP contribution in [0.3, 0.4) is 0 Å². The molecule has 0 fully saturated rings. The van der Waals surface area contributed by atoms with Gasteiger partial charge in [0.1, 0.15) is 12.5 Å². The molecule has 1 heterocycles. The summed E-state index contributed by atoms with van der Waals surface area (Å²) >= 11 is 0. The predicted octanol–water partition coefficient (Wildman–Crippen LogP) is 5.41. The molecule has 0 saturated heterocycles. The summed E-state index contributed by atoms with van der Waals surface area (Å²) in [5.74, 6) is 0. The quantitative estimate of drug-likeness (QED) is 0.558. The van der Waals surface area contributed by atoms with Gasteiger partial charge in [0.2, 0.25) is 6.29 Å². The Kier molecular flexibility index (Phi) is 5.45. The largest absolute Gasteiger partial charge is 0.461 e. The van der Waals surface area contributed by atoms with E-state index < -0.39 is 6.29 Å². The lowest BCUT2D eigenvalue weighted by molar-refractivity contribution is -0.0598. The van der Waals surface area contributed by atoms with Crippen LogP contribution in [0.1, 0.15) is 5.56 Å². The molecule has 1 aliphatic rings. The molecule has 3 rings (SSSR count). The first-order chi connectivity index (χ1) is 11.9. The van der Waals surface area contributed by atoms with Gasteiger partial charge in [-0.2, -0.15) is 20.5 Å². The highest BCUT2D eigenvalue weighted by Gasteiger charge is 2.13. The Hall–Kier alpha value is -3.28. The molecule has 0 bridgehead atoms. The van der Waals surface area contributed by atoms with Gasteiger partial charge in [0.05, 0.1) is 23.8 Å². The molecule has 1 atom stereocenters.